The topological polar surface area (TPSA) is 64.0 Å². The number of hydrogen-bond donors (Lipinski definition) is 1. The number of nitrogens with one attached hydrogen (secondary N) is 1. The largest absolute Gasteiger partial charge is 0.305 e. The van der Waals surface area contributed by atoms with Gasteiger partial charge in [-0.3, -0.25) is 14.2 Å². The predicted octanol–water partition coefficient (Wildman–Crippen LogP) is 3.72. The highest BCUT2D eigenvalue weighted by Crippen LogP contribution is 2.18. The second-order valence-electron chi connectivity index (χ2n) is 5.52. The Morgan fingerprint density at radius 1 is 1.11 bits per heavy atom. The number of hydrogen-bond acceptors (Lipinski definition) is 3. The summed E-state index contributed by atoms with van der Waals surface area (Å²) in [5.41, 5.74) is -0.801. The van der Waals surface area contributed by atoms with E-state index in [0.29, 0.717) is 5.56 Å². The third-order valence-corrected chi connectivity index (χ3v) is 4.36. The average Bonchev–Trinajstić information content (AvgIpc) is 2.61. The summed E-state index contributed by atoms with van der Waals surface area (Å²) < 4.78 is 41.7. The zero-order valence-corrected chi connectivity index (χ0v) is 15.1. The molecule has 1 N–H and O–H groups in total. The van der Waals surface area contributed by atoms with Crippen molar-refractivity contribution in [2.45, 2.75) is 6.54 Å². The third kappa shape index (κ3) is 4.08. The van der Waals surface area contributed by atoms with Gasteiger partial charge in [-0.25, -0.2) is 18.2 Å². The molecule has 9 heteroatoms. The molecule has 3 aromatic rings. The molecular formula is C18H11BrF3N3O2. The van der Waals surface area contributed by atoms with Crippen LogP contribution < -0.4 is 10.9 Å². The van der Waals surface area contributed by atoms with E-state index in [-0.39, 0.29) is 16.8 Å². The fourth-order valence-corrected chi connectivity index (χ4v) is 2.81. The van der Waals surface area contributed by atoms with Gasteiger partial charge in [-0.2, -0.15) is 0 Å². The van der Waals surface area contributed by atoms with Crippen LogP contribution in [0.5, 0.6) is 0 Å². The second kappa shape index (κ2) is 7.75. The monoisotopic (exact) mass is 437 g/mol. The molecule has 0 unspecified atom stereocenters. The third-order valence-electron chi connectivity index (χ3n) is 3.65. The normalized spacial score (nSPS) is 10.7. The smallest absolute Gasteiger partial charge is 0.270 e. The van der Waals surface area contributed by atoms with Crippen LogP contribution in [0.15, 0.2) is 58.1 Å². The lowest BCUT2D eigenvalue weighted by molar-refractivity contribution is 0.101. The maximum Gasteiger partial charge on any atom is 0.270 e. The van der Waals surface area contributed by atoms with E-state index in [4.69, 9.17) is 0 Å². The number of aromatic nitrogens is 2. The number of carbonyl (C=O) groups is 1. The van der Waals surface area contributed by atoms with Gasteiger partial charge in [0.15, 0.2) is 5.82 Å². The molecule has 0 atom stereocenters. The van der Waals surface area contributed by atoms with E-state index >= 15 is 0 Å². The molecule has 0 saturated carbocycles. The molecule has 0 saturated heterocycles. The van der Waals surface area contributed by atoms with Crippen LogP contribution in [0.3, 0.4) is 0 Å². The predicted molar refractivity (Wildman–Crippen MR) is 96.0 cm³/mol. The fraction of sp³-hybridized carbons (Fsp3) is 0.0556. The molecule has 0 aliphatic heterocycles. The molecule has 1 aromatic heterocycles. The highest BCUT2D eigenvalue weighted by Gasteiger charge is 2.19. The van der Waals surface area contributed by atoms with Crippen LogP contribution in [0, 0.1) is 17.5 Å². The number of rotatable bonds is 4. The van der Waals surface area contributed by atoms with Crippen molar-refractivity contribution < 1.29 is 18.0 Å². The average molecular weight is 438 g/mol. The van der Waals surface area contributed by atoms with Crippen molar-refractivity contribution in [3.63, 3.8) is 0 Å². The van der Waals surface area contributed by atoms with Crippen LogP contribution in [-0.4, -0.2) is 15.5 Å². The Kier molecular flexibility index (Phi) is 5.41. The molecule has 1 amide bonds. The maximum absolute atomic E-state index is 13.7. The van der Waals surface area contributed by atoms with Gasteiger partial charge >= 0.3 is 0 Å². The van der Waals surface area contributed by atoms with Gasteiger partial charge in [0.05, 0.1) is 6.54 Å². The minimum atomic E-state index is -1.08. The number of nitrogens with zero attached hydrogens (tertiary/aromatic N) is 2. The Bertz CT molecular complexity index is 1070. The summed E-state index contributed by atoms with van der Waals surface area (Å²) in [7, 11) is 0. The highest BCUT2D eigenvalue weighted by molar-refractivity contribution is 9.10. The molecule has 3 rings (SSSR count). The lowest BCUT2D eigenvalue weighted by atomic mass is 10.2. The minimum Gasteiger partial charge on any atom is -0.305 e. The van der Waals surface area contributed by atoms with E-state index in [2.05, 4.69) is 26.2 Å². The van der Waals surface area contributed by atoms with Crippen LogP contribution in [-0.2, 0) is 6.54 Å². The minimum absolute atomic E-state index is 0.0539. The van der Waals surface area contributed by atoms with Gasteiger partial charge in [0.2, 0.25) is 0 Å². The standard InChI is InChI=1S/C18H11BrF3N3O2/c19-15-16(24-17(26)14-12(21)5-2-6-13(14)22)23-9-25(18(15)27)8-10-3-1-4-11(20)7-10/h1-7,9H,8H2,(H,24,26). The Morgan fingerprint density at radius 2 is 1.78 bits per heavy atom. The summed E-state index contributed by atoms with van der Waals surface area (Å²) >= 11 is 3.02. The Hall–Kier alpha value is -2.94. The number of carbonyl (C=O) groups excluding carboxylic acids is 1. The number of amides is 1. The van der Waals surface area contributed by atoms with Crippen LogP contribution in [0.1, 0.15) is 15.9 Å². The van der Waals surface area contributed by atoms with Gasteiger partial charge in [0.1, 0.15) is 33.8 Å². The first kappa shape index (κ1) is 18.8. The van der Waals surface area contributed by atoms with Crippen molar-refractivity contribution in [3.05, 3.63) is 92.2 Å². The summed E-state index contributed by atoms with van der Waals surface area (Å²) in [6, 6.07) is 8.71. The van der Waals surface area contributed by atoms with E-state index in [1.54, 1.807) is 6.07 Å². The number of anilines is 1. The van der Waals surface area contributed by atoms with Crippen molar-refractivity contribution in [3.8, 4) is 0 Å². The van der Waals surface area contributed by atoms with E-state index in [1.807, 2.05) is 0 Å². The first-order valence-electron chi connectivity index (χ1n) is 7.61. The quantitative estimate of drug-likeness (QED) is 0.676. The lowest BCUT2D eigenvalue weighted by Crippen LogP contribution is -2.25. The number of benzene rings is 2. The van der Waals surface area contributed by atoms with Gasteiger partial charge in [0.25, 0.3) is 11.5 Å². The Balaban J connectivity index is 1.87. The van der Waals surface area contributed by atoms with E-state index < -0.39 is 34.5 Å². The molecular weight excluding hydrogens is 427 g/mol. The molecule has 0 spiro atoms. The summed E-state index contributed by atoms with van der Waals surface area (Å²) in [5.74, 6) is -3.79. The second-order valence-corrected chi connectivity index (χ2v) is 6.31. The summed E-state index contributed by atoms with van der Waals surface area (Å²) in [4.78, 5) is 28.5. The molecule has 1 heterocycles. The molecule has 5 nitrogen and oxygen atoms in total. The van der Waals surface area contributed by atoms with E-state index in [0.717, 1.165) is 24.5 Å². The van der Waals surface area contributed by atoms with Gasteiger partial charge in [-0.05, 0) is 45.8 Å². The van der Waals surface area contributed by atoms with Crippen molar-refractivity contribution >= 4 is 27.7 Å². The first-order valence-corrected chi connectivity index (χ1v) is 8.41. The van der Waals surface area contributed by atoms with Crippen LogP contribution in [0.2, 0.25) is 0 Å². The maximum atomic E-state index is 13.7. The first-order chi connectivity index (χ1) is 12.9. The molecule has 0 fully saturated rings. The van der Waals surface area contributed by atoms with Crippen molar-refractivity contribution in [1.82, 2.24) is 9.55 Å². The van der Waals surface area contributed by atoms with E-state index in [1.165, 1.54) is 22.8 Å². The summed E-state index contributed by atoms with van der Waals surface area (Å²) in [6.07, 6.45) is 1.14. The Morgan fingerprint density at radius 3 is 2.44 bits per heavy atom. The fourth-order valence-electron chi connectivity index (χ4n) is 2.38. The van der Waals surface area contributed by atoms with Crippen molar-refractivity contribution in [2.24, 2.45) is 0 Å². The molecule has 0 aliphatic carbocycles. The molecule has 0 aliphatic rings. The Labute approximate surface area is 159 Å². The van der Waals surface area contributed by atoms with E-state index in [9.17, 15) is 22.8 Å². The zero-order chi connectivity index (χ0) is 19.6. The van der Waals surface area contributed by atoms with Crippen molar-refractivity contribution in [1.29, 1.82) is 0 Å². The SMILES string of the molecule is O=C(Nc1ncn(Cc2cccc(F)c2)c(=O)c1Br)c1c(F)cccc1F. The van der Waals surface area contributed by atoms with Crippen LogP contribution in [0.25, 0.3) is 0 Å². The van der Waals surface area contributed by atoms with Gasteiger partial charge < -0.3 is 5.32 Å². The summed E-state index contributed by atoms with van der Waals surface area (Å²) in [5, 5.41) is 2.20. The number of halogens is 4. The van der Waals surface area contributed by atoms with Crippen LogP contribution in [0.4, 0.5) is 19.0 Å². The van der Waals surface area contributed by atoms with Gasteiger partial charge in [0, 0.05) is 0 Å². The molecule has 27 heavy (non-hydrogen) atoms. The molecule has 0 radical (unpaired) electrons. The van der Waals surface area contributed by atoms with Gasteiger partial charge in [-0.1, -0.05) is 18.2 Å². The zero-order valence-electron chi connectivity index (χ0n) is 13.5. The van der Waals surface area contributed by atoms with Gasteiger partial charge in [-0.15, -0.1) is 0 Å². The molecule has 2 aromatic carbocycles. The van der Waals surface area contributed by atoms with Crippen molar-refractivity contribution in [2.75, 3.05) is 5.32 Å². The highest BCUT2D eigenvalue weighted by atomic mass is 79.9. The summed E-state index contributed by atoms with van der Waals surface area (Å²) in [6.45, 7) is 0.0539. The lowest BCUT2D eigenvalue weighted by Gasteiger charge is -2.11. The molecule has 138 valence electrons. The van der Waals surface area contributed by atoms with Crippen LogP contribution >= 0.6 is 15.9 Å². The molecule has 0 bridgehead atoms.